The molecule has 0 aliphatic heterocycles. The summed E-state index contributed by atoms with van der Waals surface area (Å²) in [5.74, 6) is -0.882. The van der Waals surface area contributed by atoms with E-state index in [1.165, 1.54) is 6.07 Å². The first kappa shape index (κ1) is 16.0. The van der Waals surface area contributed by atoms with E-state index >= 15 is 0 Å². The molecule has 0 saturated carbocycles. The van der Waals surface area contributed by atoms with Crippen LogP contribution in [-0.4, -0.2) is 22.4 Å². The lowest BCUT2D eigenvalue weighted by atomic mass is 10.1. The number of nitrogens with zero attached hydrogens (tertiary/aromatic N) is 2. The standard InChI is InChI=1S/C17H13ClN2O4/c18-11-4-3-5-12(10-11)24-9-8-20-16(21)14-7-2-1-6-13(14)15(19-20)17(22)23/h1-7,10H,8-9H2,(H,22,23)/p-1. The van der Waals surface area contributed by atoms with Gasteiger partial charge in [-0.05, 0) is 24.3 Å². The number of rotatable bonds is 5. The molecule has 0 bridgehead atoms. The van der Waals surface area contributed by atoms with Crippen molar-refractivity contribution in [2.75, 3.05) is 6.61 Å². The van der Waals surface area contributed by atoms with Gasteiger partial charge in [0.25, 0.3) is 5.56 Å². The van der Waals surface area contributed by atoms with Gasteiger partial charge in [0, 0.05) is 10.4 Å². The number of carbonyl (C=O) groups excluding carboxylic acids is 1. The van der Waals surface area contributed by atoms with Crippen LogP contribution in [0.3, 0.4) is 0 Å². The van der Waals surface area contributed by atoms with E-state index < -0.39 is 5.97 Å². The fourth-order valence-electron chi connectivity index (χ4n) is 2.34. The maximum atomic E-state index is 12.4. The molecule has 0 spiro atoms. The van der Waals surface area contributed by atoms with E-state index in [9.17, 15) is 14.7 Å². The number of aromatic nitrogens is 2. The SMILES string of the molecule is O=C([O-])c1nn(CCOc2cccc(Cl)c2)c(=O)c2ccccc12. The zero-order valence-corrected chi connectivity index (χ0v) is 13.2. The van der Waals surface area contributed by atoms with E-state index in [1.807, 2.05) is 0 Å². The summed E-state index contributed by atoms with van der Waals surface area (Å²) in [6, 6.07) is 13.2. The summed E-state index contributed by atoms with van der Waals surface area (Å²) in [6.07, 6.45) is 0. The molecule has 0 saturated heterocycles. The number of hydrogen-bond acceptors (Lipinski definition) is 5. The Balaban J connectivity index is 1.88. The van der Waals surface area contributed by atoms with Crippen LogP contribution in [0.25, 0.3) is 10.8 Å². The Kier molecular flexibility index (Phi) is 4.48. The first-order valence-corrected chi connectivity index (χ1v) is 7.53. The van der Waals surface area contributed by atoms with Crippen molar-refractivity contribution >= 4 is 28.3 Å². The number of benzene rings is 2. The monoisotopic (exact) mass is 343 g/mol. The van der Waals surface area contributed by atoms with Gasteiger partial charge in [-0.25, -0.2) is 4.68 Å². The van der Waals surface area contributed by atoms with Crippen LogP contribution < -0.4 is 15.4 Å². The molecular formula is C17H12ClN2O4-. The van der Waals surface area contributed by atoms with Gasteiger partial charge >= 0.3 is 0 Å². The summed E-state index contributed by atoms with van der Waals surface area (Å²) in [7, 11) is 0. The number of carboxylic acids is 1. The minimum Gasteiger partial charge on any atom is -0.543 e. The highest BCUT2D eigenvalue weighted by atomic mass is 35.5. The van der Waals surface area contributed by atoms with Crippen LogP contribution in [0.4, 0.5) is 0 Å². The van der Waals surface area contributed by atoms with Gasteiger partial charge in [-0.3, -0.25) is 4.79 Å². The second-order valence-corrected chi connectivity index (χ2v) is 5.45. The van der Waals surface area contributed by atoms with Crippen LogP contribution in [0.1, 0.15) is 10.5 Å². The molecule has 0 aliphatic rings. The van der Waals surface area contributed by atoms with Gasteiger partial charge in [0.15, 0.2) is 0 Å². The van der Waals surface area contributed by atoms with Gasteiger partial charge in [0.2, 0.25) is 0 Å². The van der Waals surface area contributed by atoms with Crippen LogP contribution in [0.2, 0.25) is 5.02 Å². The molecule has 122 valence electrons. The van der Waals surface area contributed by atoms with Crippen molar-refractivity contribution in [1.29, 1.82) is 0 Å². The van der Waals surface area contributed by atoms with E-state index in [-0.39, 0.29) is 35.2 Å². The highest BCUT2D eigenvalue weighted by Gasteiger charge is 2.11. The van der Waals surface area contributed by atoms with Gasteiger partial charge in [-0.15, -0.1) is 0 Å². The Morgan fingerprint density at radius 3 is 2.62 bits per heavy atom. The molecule has 0 amide bonds. The average molecular weight is 344 g/mol. The first-order chi connectivity index (χ1) is 11.6. The predicted octanol–water partition coefficient (Wildman–Crippen LogP) is 1.49. The Hall–Kier alpha value is -2.86. The molecule has 24 heavy (non-hydrogen) atoms. The fourth-order valence-corrected chi connectivity index (χ4v) is 2.52. The number of hydrogen-bond donors (Lipinski definition) is 0. The van der Waals surface area contributed by atoms with Crippen LogP contribution in [0.5, 0.6) is 5.75 Å². The van der Waals surface area contributed by atoms with Gasteiger partial charge < -0.3 is 14.6 Å². The Labute approximate surface area is 141 Å². The molecule has 0 atom stereocenters. The molecule has 3 aromatic rings. The number of carbonyl (C=O) groups is 1. The largest absolute Gasteiger partial charge is 0.543 e. The van der Waals surface area contributed by atoms with Crippen molar-refractivity contribution in [3.05, 3.63) is 69.6 Å². The molecule has 2 aromatic carbocycles. The fraction of sp³-hybridized carbons (Fsp3) is 0.118. The molecule has 3 rings (SSSR count). The highest BCUT2D eigenvalue weighted by Crippen LogP contribution is 2.17. The molecule has 7 heteroatoms. The zero-order chi connectivity index (χ0) is 17.1. The smallest absolute Gasteiger partial charge is 0.274 e. The van der Waals surface area contributed by atoms with Crippen molar-refractivity contribution in [2.24, 2.45) is 0 Å². The van der Waals surface area contributed by atoms with Crippen LogP contribution in [-0.2, 0) is 6.54 Å². The number of aromatic carboxylic acids is 1. The second-order valence-electron chi connectivity index (χ2n) is 5.02. The predicted molar refractivity (Wildman–Crippen MR) is 87.3 cm³/mol. The van der Waals surface area contributed by atoms with E-state index in [0.29, 0.717) is 10.8 Å². The normalized spacial score (nSPS) is 10.7. The third kappa shape index (κ3) is 3.23. The van der Waals surface area contributed by atoms with Crippen molar-refractivity contribution in [3.8, 4) is 5.75 Å². The summed E-state index contributed by atoms with van der Waals surface area (Å²) in [4.78, 5) is 23.7. The third-order valence-corrected chi connectivity index (χ3v) is 3.66. The minimum absolute atomic E-state index is 0.0937. The third-order valence-electron chi connectivity index (χ3n) is 3.43. The lowest BCUT2D eigenvalue weighted by Gasteiger charge is -2.12. The van der Waals surface area contributed by atoms with Crippen LogP contribution in [0.15, 0.2) is 53.3 Å². The van der Waals surface area contributed by atoms with Crippen molar-refractivity contribution in [1.82, 2.24) is 9.78 Å². The summed E-state index contributed by atoms with van der Waals surface area (Å²) >= 11 is 5.87. The van der Waals surface area contributed by atoms with Gasteiger partial charge in [-0.1, -0.05) is 35.9 Å². The number of ether oxygens (including phenoxy) is 1. The molecule has 0 N–H and O–H groups in total. The molecule has 1 aromatic heterocycles. The molecular weight excluding hydrogens is 332 g/mol. The number of halogens is 1. The van der Waals surface area contributed by atoms with Crippen LogP contribution >= 0.6 is 11.6 Å². The maximum absolute atomic E-state index is 12.4. The second kappa shape index (κ2) is 6.72. The van der Waals surface area contributed by atoms with Crippen molar-refractivity contribution in [3.63, 3.8) is 0 Å². The molecule has 0 radical (unpaired) electrons. The highest BCUT2D eigenvalue weighted by molar-refractivity contribution is 6.30. The molecule has 6 nitrogen and oxygen atoms in total. The quantitative estimate of drug-likeness (QED) is 0.700. The molecule has 0 unspecified atom stereocenters. The Bertz CT molecular complexity index is 968. The number of carboxylic acid groups (broad SMARTS) is 1. The molecule has 0 fully saturated rings. The maximum Gasteiger partial charge on any atom is 0.274 e. The van der Waals surface area contributed by atoms with Crippen molar-refractivity contribution in [2.45, 2.75) is 6.54 Å². The molecule has 1 heterocycles. The van der Waals surface area contributed by atoms with E-state index in [1.54, 1.807) is 42.5 Å². The lowest BCUT2D eigenvalue weighted by Crippen LogP contribution is -2.32. The summed E-state index contributed by atoms with van der Waals surface area (Å²) < 4.78 is 6.58. The Morgan fingerprint density at radius 2 is 1.92 bits per heavy atom. The van der Waals surface area contributed by atoms with Gasteiger partial charge in [0.05, 0.1) is 17.9 Å². The Morgan fingerprint density at radius 1 is 1.17 bits per heavy atom. The van der Waals surface area contributed by atoms with E-state index in [0.717, 1.165) is 4.68 Å². The zero-order valence-electron chi connectivity index (χ0n) is 12.4. The molecule has 0 aliphatic carbocycles. The first-order valence-electron chi connectivity index (χ1n) is 7.16. The van der Waals surface area contributed by atoms with E-state index in [4.69, 9.17) is 16.3 Å². The van der Waals surface area contributed by atoms with Gasteiger partial charge in [-0.2, -0.15) is 5.10 Å². The summed E-state index contributed by atoms with van der Waals surface area (Å²) in [6.45, 7) is 0.231. The lowest BCUT2D eigenvalue weighted by molar-refractivity contribution is -0.255. The van der Waals surface area contributed by atoms with Gasteiger partial charge in [0.1, 0.15) is 18.1 Å². The summed E-state index contributed by atoms with van der Waals surface area (Å²) in [5.41, 5.74) is -0.654. The minimum atomic E-state index is -1.43. The van der Waals surface area contributed by atoms with Crippen molar-refractivity contribution < 1.29 is 14.6 Å². The van der Waals surface area contributed by atoms with E-state index in [2.05, 4.69) is 5.10 Å². The average Bonchev–Trinajstić information content (AvgIpc) is 2.57. The number of fused-ring (bicyclic) bond motifs is 1. The topological polar surface area (TPSA) is 84.2 Å². The summed E-state index contributed by atoms with van der Waals surface area (Å²) in [5, 5.41) is 16.2. The van der Waals surface area contributed by atoms with Crippen LogP contribution in [0, 0.1) is 0 Å².